The highest BCUT2D eigenvalue weighted by atomic mass is 32.1. The number of morpholine rings is 2. The van der Waals surface area contributed by atoms with Crippen LogP contribution in [0.1, 0.15) is 29.1 Å². The lowest BCUT2D eigenvalue weighted by Crippen LogP contribution is -2.36. The number of anilines is 3. The molecule has 2 aliphatic heterocycles. The predicted molar refractivity (Wildman–Crippen MR) is 131 cm³/mol. The van der Waals surface area contributed by atoms with E-state index in [0.29, 0.717) is 0 Å². The maximum atomic E-state index is 5.51. The molecule has 33 heavy (non-hydrogen) atoms. The van der Waals surface area contributed by atoms with Gasteiger partial charge in [0.05, 0.1) is 50.2 Å². The Bertz CT molecular complexity index is 1110. The summed E-state index contributed by atoms with van der Waals surface area (Å²) in [7, 11) is 0. The molecule has 174 valence electrons. The third kappa shape index (κ3) is 4.55. The average Bonchev–Trinajstić information content (AvgIpc) is 3.24. The first-order chi connectivity index (χ1) is 16.3. The Hall–Kier alpha value is -2.33. The minimum Gasteiger partial charge on any atom is -0.379 e. The zero-order valence-corrected chi connectivity index (χ0v) is 19.7. The van der Waals surface area contributed by atoms with Gasteiger partial charge in [0.1, 0.15) is 22.3 Å². The molecule has 0 unspecified atom stereocenters. The van der Waals surface area contributed by atoms with Crippen molar-refractivity contribution in [2.24, 2.45) is 0 Å². The van der Waals surface area contributed by atoms with Gasteiger partial charge in [0.25, 0.3) is 0 Å². The number of hydrogen-bond donors (Lipinski definition) is 1. The van der Waals surface area contributed by atoms with Gasteiger partial charge in [-0.3, -0.25) is 4.90 Å². The highest BCUT2D eigenvalue weighted by molar-refractivity contribution is 7.19. The van der Waals surface area contributed by atoms with Crippen molar-refractivity contribution >= 4 is 38.9 Å². The van der Waals surface area contributed by atoms with Crippen molar-refractivity contribution in [1.82, 2.24) is 19.9 Å². The smallest absolute Gasteiger partial charge is 0.146 e. The maximum absolute atomic E-state index is 5.51. The van der Waals surface area contributed by atoms with Crippen LogP contribution in [-0.2, 0) is 28.9 Å². The number of fused-ring (bicyclic) bond motifs is 3. The van der Waals surface area contributed by atoms with Crippen LogP contribution in [0.3, 0.4) is 0 Å². The summed E-state index contributed by atoms with van der Waals surface area (Å²) in [6.45, 7) is 7.46. The summed E-state index contributed by atoms with van der Waals surface area (Å²) >= 11 is 1.85. The number of rotatable bonds is 5. The van der Waals surface area contributed by atoms with Crippen molar-refractivity contribution in [2.45, 2.75) is 32.2 Å². The van der Waals surface area contributed by atoms with E-state index < -0.39 is 0 Å². The van der Waals surface area contributed by atoms with Crippen LogP contribution in [0.15, 0.2) is 18.3 Å². The molecule has 3 aromatic heterocycles. The van der Waals surface area contributed by atoms with Gasteiger partial charge in [0.15, 0.2) is 0 Å². The summed E-state index contributed by atoms with van der Waals surface area (Å²) in [5, 5.41) is 4.80. The molecule has 1 aliphatic carbocycles. The summed E-state index contributed by atoms with van der Waals surface area (Å²) in [5.74, 6) is 2.80. The Morgan fingerprint density at radius 3 is 2.52 bits per heavy atom. The van der Waals surface area contributed by atoms with E-state index in [1.165, 1.54) is 28.7 Å². The van der Waals surface area contributed by atoms with Crippen molar-refractivity contribution in [3.8, 4) is 0 Å². The van der Waals surface area contributed by atoms with E-state index in [-0.39, 0.29) is 0 Å². The van der Waals surface area contributed by atoms with Gasteiger partial charge in [-0.2, -0.15) is 0 Å². The van der Waals surface area contributed by atoms with Gasteiger partial charge >= 0.3 is 0 Å². The van der Waals surface area contributed by atoms with Gasteiger partial charge in [0, 0.05) is 31.1 Å². The highest BCUT2D eigenvalue weighted by Crippen LogP contribution is 2.39. The van der Waals surface area contributed by atoms with Crippen molar-refractivity contribution < 1.29 is 9.47 Å². The molecule has 0 atom stereocenters. The lowest BCUT2D eigenvalue weighted by molar-refractivity contribution is 0.0331. The van der Waals surface area contributed by atoms with Crippen molar-refractivity contribution in [3.05, 3.63) is 34.6 Å². The molecular formula is C24H30N6O2S. The molecule has 2 saturated heterocycles. The third-order valence-electron chi connectivity index (χ3n) is 6.68. The van der Waals surface area contributed by atoms with E-state index in [2.05, 4.69) is 27.2 Å². The molecule has 0 aromatic carbocycles. The first kappa shape index (κ1) is 21.2. The summed E-state index contributed by atoms with van der Waals surface area (Å²) in [4.78, 5) is 22.0. The normalized spacial score (nSPS) is 19.6. The fourth-order valence-corrected chi connectivity index (χ4v) is 6.18. The van der Waals surface area contributed by atoms with Gasteiger partial charge in [0.2, 0.25) is 0 Å². The number of hydrogen-bond acceptors (Lipinski definition) is 9. The van der Waals surface area contributed by atoms with Crippen LogP contribution in [0.25, 0.3) is 10.2 Å². The molecule has 0 spiro atoms. The van der Waals surface area contributed by atoms with E-state index >= 15 is 0 Å². The summed E-state index contributed by atoms with van der Waals surface area (Å²) in [6, 6.07) is 4.19. The quantitative estimate of drug-likeness (QED) is 0.613. The minimum atomic E-state index is 0.755. The topological polar surface area (TPSA) is 75.6 Å². The van der Waals surface area contributed by atoms with Gasteiger partial charge in [-0.15, -0.1) is 11.3 Å². The number of ether oxygens (including phenoxy) is 2. The van der Waals surface area contributed by atoms with E-state index in [9.17, 15) is 0 Å². The van der Waals surface area contributed by atoms with Gasteiger partial charge in [-0.1, -0.05) is 0 Å². The van der Waals surface area contributed by atoms with Crippen LogP contribution >= 0.6 is 11.3 Å². The zero-order valence-electron chi connectivity index (χ0n) is 18.9. The molecule has 3 aromatic rings. The molecule has 1 N–H and O–H groups in total. The second kappa shape index (κ2) is 9.50. The molecule has 8 nitrogen and oxygen atoms in total. The number of pyridine rings is 1. The first-order valence-electron chi connectivity index (χ1n) is 12.0. The fraction of sp³-hybridized carbons (Fsp3) is 0.542. The fourth-order valence-electron chi connectivity index (χ4n) is 4.90. The Morgan fingerprint density at radius 2 is 1.73 bits per heavy atom. The lowest BCUT2D eigenvalue weighted by Gasteiger charge is -2.27. The van der Waals surface area contributed by atoms with E-state index in [1.54, 1.807) is 0 Å². The Morgan fingerprint density at radius 1 is 0.939 bits per heavy atom. The molecule has 0 amide bonds. The number of nitrogens with zero attached hydrogens (tertiary/aromatic N) is 5. The second-order valence-corrected chi connectivity index (χ2v) is 9.98. The van der Waals surface area contributed by atoms with Gasteiger partial charge < -0.3 is 19.7 Å². The standard InChI is InChI=1S/C24H30N6O2S/c1-2-4-19-18(3-1)22-23(26-17-5-6-21(25-15-17)30-9-13-32-14-10-30)27-20(28-24(22)33-19)16-29-7-11-31-12-8-29/h5-6,15H,1-4,7-14,16H2,(H,26,27,28). The third-order valence-corrected chi connectivity index (χ3v) is 7.86. The van der Waals surface area contributed by atoms with Crippen LogP contribution in [0.4, 0.5) is 17.3 Å². The monoisotopic (exact) mass is 466 g/mol. The summed E-state index contributed by atoms with van der Waals surface area (Å²) in [6.07, 6.45) is 6.70. The molecule has 0 saturated carbocycles. The SMILES string of the molecule is c1cc(N2CCOCC2)ncc1Nc1nc(CN2CCOCC2)nc2sc3c(c12)CCCC3. The molecule has 0 radical (unpaired) electrons. The van der Waals surface area contributed by atoms with Crippen LogP contribution in [0.2, 0.25) is 0 Å². The van der Waals surface area contributed by atoms with Crippen LogP contribution in [0.5, 0.6) is 0 Å². The van der Waals surface area contributed by atoms with Crippen LogP contribution in [-0.4, -0.2) is 72.5 Å². The van der Waals surface area contributed by atoms with Crippen molar-refractivity contribution in [3.63, 3.8) is 0 Å². The number of aromatic nitrogens is 3. The number of nitrogens with one attached hydrogen (secondary N) is 1. The number of aryl methyl sites for hydroxylation is 2. The zero-order chi connectivity index (χ0) is 22.0. The Kier molecular flexibility index (Phi) is 6.11. The molecule has 3 aliphatic rings. The highest BCUT2D eigenvalue weighted by Gasteiger charge is 2.22. The maximum Gasteiger partial charge on any atom is 0.146 e. The molecule has 0 bridgehead atoms. The summed E-state index contributed by atoms with van der Waals surface area (Å²) < 4.78 is 11.0. The van der Waals surface area contributed by atoms with Gasteiger partial charge in [-0.25, -0.2) is 15.0 Å². The molecule has 5 heterocycles. The predicted octanol–water partition coefficient (Wildman–Crippen LogP) is 3.38. The molecule has 6 rings (SSSR count). The number of thiophene rings is 1. The van der Waals surface area contributed by atoms with Crippen molar-refractivity contribution in [2.75, 3.05) is 62.8 Å². The minimum absolute atomic E-state index is 0.755. The van der Waals surface area contributed by atoms with E-state index in [4.69, 9.17) is 24.4 Å². The molecule has 2 fully saturated rings. The van der Waals surface area contributed by atoms with E-state index in [1.807, 2.05) is 17.5 Å². The van der Waals surface area contributed by atoms with Gasteiger partial charge in [-0.05, 0) is 43.4 Å². The van der Waals surface area contributed by atoms with E-state index in [0.717, 1.165) is 100.0 Å². The average molecular weight is 467 g/mol. The molecule has 9 heteroatoms. The Balaban J connectivity index is 1.31. The van der Waals surface area contributed by atoms with Crippen molar-refractivity contribution in [1.29, 1.82) is 0 Å². The lowest BCUT2D eigenvalue weighted by atomic mass is 9.97. The largest absolute Gasteiger partial charge is 0.379 e. The van der Waals surface area contributed by atoms with Crippen LogP contribution < -0.4 is 10.2 Å². The summed E-state index contributed by atoms with van der Waals surface area (Å²) in [5.41, 5.74) is 2.40. The molecular weight excluding hydrogens is 436 g/mol. The van der Waals surface area contributed by atoms with Crippen LogP contribution in [0, 0.1) is 0 Å². The first-order valence-corrected chi connectivity index (χ1v) is 12.8. The second-order valence-electron chi connectivity index (χ2n) is 8.90. The Labute approximate surface area is 197 Å².